The maximum absolute atomic E-state index is 13.3. The van der Waals surface area contributed by atoms with Crippen LogP contribution in [-0.4, -0.2) is 64.2 Å². The number of anilines is 1. The Kier molecular flexibility index (Phi) is 5.52. The van der Waals surface area contributed by atoms with E-state index in [1.807, 2.05) is 0 Å². The first-order valence-electron chi connectivity index (χ1n) is 8.87. The number of ether oxygens (including phenoxy) is 1. The van der Waals surface area contributed by atoms with Crippen LogP contribution in [0.25, 0.3) is 0 Å². The lowest BCUT2D eigenvalue weighted by molar-refractivity contribution is -0.121. The highest BCUT2D eigenvalue weighted by molar-refractivity contribution is 7.92. The zero-order chi connectivity index (χ0) is 20.7. The fraction of sp³-hybridized carbons (Fsp3) is 0.529. The molecule has 154 valence electrons. The summed E-state index contributed by atoms with van der Waals surface area (Å²) in [5.41, 5.74) is 0.155. The monoisotopic (exact) mass is 430 g/mol. The Balaban J connectivity index is 2.05. The summed E-state index contributed by atoms with van der Waals surface area (Å²) in [6.07, 6.45) is 0.377. The van der Waals surface area contributed by atoms with Gasteiger partial charge in [-0.05, 0) is 24.6 Å². The minimum atomic E-state index is -4.12. The van der Waals surface area contributed by atoms with Crippen molar-refractivity contribution < 1.29 is 31.2 Å². The first kappa shape index (κ1) is 20.7. The Bertz CT molecular complexity index is 1000. The fourth-order valence-electron chi connectivity index (χ4n) is 3.62. The number of hydrogen-bond donors (Lipinski definition) is 0. The van der Waals surface area contributed by atoms with Gasteiger partial charge >= 0.3 is 0 Å². The van der Waals surface area contributed by atoms with Crippen LogP contribution in [0, 0.1) is 0 Å². The highest BCUT2D eigenvalue weighted by atomic mass is 32.2. The lowest BCUT2D eigenvalue weighted by Gasteiger charge is -2.27. The van der Waals surface area contributed by atoms with E-state index in [1.165, 1.54) is 25.3 Å². The van der Waals surface area contributed by atoms with E-state index in [0.717, 1.165) is 9.21 Å². The zero-order valence-electron chi connectivity index (χ0n) is 15.6. The number of hydrogen-bond acceptors (Lipinski definition) is 7. The van der Waals surface area contributed by atoms with Crippen molar-refractivity contribution >= 4 is 37.4 Å². The van der Waals surface area contributed by atoms with E-state index < -0.39 is 37.7 Å². The van der Waals surface area contributed by atoms with Gasteiger partial charge in [0.25, 0.3) is 0 Å². The third kappa shape index (κ3) is 3.65. The molecule has 0 unspecified atom stereocenters. The Morgan fingerprint density at radius 2 is 1.86 bits per heavy atom. The fourth-order valence-corrected chi connectivity index (χ4v) is 7.29. The molecule has 28 heavy (non-hydrogen) atoms. The molecule has 2 amide bonds. The van der Waals surface area contributed by atoms with Gasteiger partial charge in [0, 0.05) is 25.4 Å². The molecule has 2 aliphatic heterocycles. The second-order valence-corrected chi connectivity index (χ2v) is 10.8. The number of imide groups is 1. The molecular weight excluding hydrogens is 408 g/mol. The van der Waals surface area contributed by atoms with E-state index in [4.69, 9.17) is 4.74 Å². The SMILES string of the molecule is CCN([C@H]1CCS(=O)(=O)C1)S(=O)(=O)c1cc(N2C(=O)CCC2=O)ccc1OC. The molecule has 0 saturated carbocycles. The highest BCUT2D eigenvalue weighted by Gasteiger charge is 2.40. The van der Waals surface area contributed by atoms with Gasteiger partial charge in [-0.1, -0.05) is 6.92 Å². The topological polar surface area (TPSA) is 118 Å². The van der Waals surface area contributed by atoms with Gasteiger partial charge in [0.05, 0.1) is 24.3 Å². The van der Waals surface area contributed by atoms with Crippen LogP contribution in [0.2, 0.25) is 0 Å². The standard InChI is InChI=1S/C17H22N2O7S2/c1-3-18(13-8-9-27(22,23)11-13)28(24,25)15-10-12(4-5-14(15)26-2)19-16(20)6-7-17(19)21/h4-5,10,13H,3,6-9,11H2,1-2H3/t13-/m0/s1. The molecular formula is C17H22N2O7S2. The van der Waals surface area contributed by atoms with E-state index in [1.54, 1.807) is 6.92 Å². The average molecular weight is 431 g/mol. The van der Waals surface area contributed by atoms with Crippen LogP contribution in [0.5, 0.6) is 5.75 Å². The van der Waals surface area contributed by atoms with E-state index in [-0.39, 0.29) is 53.6 Å². The van der Waals surface area contributed by atoms with Crippen molar-refractivity contribution in [3.63, 3.8) is 0 Å². The molecule has 11 heteroatoms. The third-order valence-electron chi connectivity index (χ3n) is 4.97. The number of nitrogens with zero attached hydrogens (tertiary/aromatic N) is 2. The van der Waals surface area contributed by atoms with E-state index >= 15 is 0 Å². The van der Waals surface area contributed by atoms with Crippen LogP contribution in [0.1, 0.15) is 26.2 Å². The van der Waals surface area contributed by atoms with Crippen molar-refractivity contribution in [3.8, 4) is 5.75 Å². The van der Waals surface area contributed by atoms with Crippen molar-refractivity contribution in [3.05, 3.63) is 18.2 Å². The van der Waals surface area contributed by atoms with Gasteiger partial charge in [-0.15, -0.1) is 0 Å². The van der Waals surface area contributed by atoms with Crippen LogP contribution in [-0.2, 0) is 29.4 Å². The molecule has 0 spiro atoms. The molecule has 2 saturated heterocycles. The Hall–Kier alpha value is -1.98. The summed E-state index contributed by atoms with van der Waals surface area (Å²) in [5, 5.41) is 0. The quantitative estimate of drug-likeness (QED) is 0.605. The Morgan fingerprint density at radius 1 is 1.21 bits per heavy atom. The number of sulfone groups is 1. The smallest absolute Gasteiger partial charge is 0.247 e. The summed E-state index contributed by atoms with van der Waals surface area (Å²) in [6, 6.07) is 3.42. The van der Waals surface area contributed by atoms with E-state index in [2.05, 4.69) is 0 Å². The van der Waals surface area contributed by atoms with Gasteiger partial charge in [-0.25, -0.2) is 16.8 Å². The number of carbonyl (C=O) groups excluding carboxylic acids is 2. The van der Waals surface area contributed by atoms with Gasteiger partial charge in [-0.2, -0.15) is 4.31 Å². The maximum atomic E-state index is 13.3. The summed E-state index contributed by atoms with van der Waals surface area (Å²) in [6.45, 7) is 1.71. The molecule has 1 aromatic rings. The minimum absolute atomic E-state index is 0.0575. The van der Waals surface area contributed by atoms with Crippen molar-refractivity contribution in [2.45, 2.75) is 37.1 Å². The normalized spacial score (nSPS) is 22.2. The first-order chi connectivity index (χ1) is 13.1. The van der Waals surface area contributed by atoms with Gasteiger partial charge in [-0.3, -0.25) is 14.5 Å². The minimum Gasteiger partial charge on any atom is -0.495 e. The van der Waals surface area contributed by atoms with Crippen LogP contribution in [0.3, 0.4) is 0 Å². The first-order valence-corrected chi connectivity index (χ1v) is 12.1. The molecule has 0 N–H and O–H groups in total. The van der Waals surface area contributed by atoms with Crippen molar-refractivity contribution in [2.24, 2.45) is 0 Å². The lowest BCUT2D eigenvalue weighted by Crippen LogP contribution is -2.41. The number of rotatable bonds is 6. The summed E-state index contributed by atoms with van der Waals surface area (Å²) < 4.78 is 56.6. The van der Waals surface area contributed by atoms with E-state index in [0.29, 0.717) is 0 Å². The molecule has 2 heterocycles. The molecule has 9 nitrogen and oxygen atoms in total. The van der Waals surface area contributed by atoms with Gasteiger partial charge < -0.3 is 4.74 Å². The number of benzene rings is 1. The van der Waals surface area contributed by atoms with Crippen LogP contribution >= 0.6 is 0 Å². The molecule has 2 aliphatic rings. The molecule has 0 radical (unpaired) electrons. The molecule has 1 aromatic carbocycles. The number of carbonyl (C=O) groups is 2. The van der Waals surface area contributed by atoms with Crippen molar-refractivity contribution in [1.29, 1.82) is 0 Å². The number of amides is 2. The van der Waals surface area contributed by atoms with Crippen LogP contribution < -0.4 is 9.64 Å². The Morgan fingerprint density at radius 3 is 2.36 bits per heavy atom. The zero-order valence-corrected chi connectivity index (χ0v) is 17.3. The molecule has 1 atom stereocenters. The van der Waals surface area contributed by atoms with Crippen LogP contribution in [0.4, 0.5) is 5.69 Å². The maximum Gasteiger partial charge on any atom is 0.247 e. The summed E-state index contributed by atoms with van der Waals surface area (Å²) >= 11 is 0. The van der Waals surface area contributed by atoms with Crippen molar-refractivity contribution in [2.75, 3.05) is 30.1 Å². The molecule has 3 rings (SSSR count). The van der Waals surface area contributed by atoms with Crippen LogP contribution in [0.15, 0.2) is 23.1 Å². The highest BCUT2D eigenvalue weighted by Crippen LogP contribution is 2.34. The van der Waals surface area contributed by atoms with Gasteiger partial charge in [0.2, 0.25) is 21.8 Å². The largest absolute Gasteiger partial charge is 0.495 e. The summed E-state index contributed by atoms with van der Waals surface area (Å²) in [5.74, 6) is -1.02. The second kappa shape index (κ2) is 7.45. The Labute approximate surface area is 164 Å². The van der Waals surface area contributed by atoms with Gasteiger partial charge in [0.1, 0.15) is 10.6 Å². The molecule has 0 bridgehead atoms. The predicted molar refractivity (Wildman–Crippen MR) is 101 cm³/mol. The number of sulfonamides is 1. The average Bonchev–Trinajstić information content (AvgIpc) is 3.16. The summed E-state index contributed by atoms with van der Waals surface area (Å²) in [4.78, 5) is 24.8. The molecule has 2 fully saturated rings. The third-order valence-corrected chi connectivity index (χ3v) is 8.77. The van der Waals surface area contributed by atoms with Crippen molar-refractivity contribution in [1.82, 2.24) is 4.31 Å². The van der Waals surface area contributed by atoms with Gasteiger partial charge in [0.15, 0.2) is 9.84 Å². The molecule has 0 aliphatic carbocycles. The lowest BCUT2D eigenvalue weighted by atomic mass is 10.2. The second-order valence-electron chi connectivity index (χ2n) is 6.72. The van der Waals surface area contributed by atoms with E-state index in [9.17, 15) is 26.4 Å². The number of methoxy groups -OCH3 is 1. The predicted octanol–water partition coefficient (Wildman–Crippen LogP) is 0.546. The molecule has 0 aromatic heterocycles. The summed E-state index contributed by atoms with van der Waals surface area (Å²) in [7, 11) is -6.08.